The number of para-hydroxylation sites is 1. The predicted molar refractivity (Wildman–Crippen MR) is 115 cm³/mol. The monoisotopic (exact) mass is 452 g/mol. The van der Waals surface area contributed by atoms with Crippen LogP contribution < -0.4 is 14.8 Å². The molecule has 3 aromatic carbocycles. The van der Waals surface area contributed by atoms with E-state index in [1.165, 1.54) is 12.1 Å². The Hall–Kier alpha value is -2.67. The van der Waals surface area contributed by atoms with E-state index in [1.807, 2.05) is 18.2 Å². The molecule has 0 heterocycles. The van der Waals surface area contributed by atoms with Crippen LogP contribution in [0.4, 0.5) is 11.4 Å². The first kappa shape index (κ1) is 21.0. The van der Waals surface area contributed by atoms with E-state index >= 15 is 0 Å². The molecule has 6 nitrogen and oxygen atoms in total. The molecule has 0 spiro atoms. The minimum absolute atomic E-state index is 0.101. The number of hydrogen-bond acceptors (Lipinski definition) is 5. The smallest absolute Gasteiger partial charge is 0.294 e. The number of benzene rings is 3. The van der Waals surface area contributed by atoms with Gasteiger partial charge in [0.25, 0.3) is 5.69 Å². The van der Waals surface area contributed by atoms with Crippen LogP contribution in [-0.4, -0.2) is 18.1 Å². The number of halogens is 3. The Labute approximate surface area is 182 Å². The van der Waals surface area contributed by atoms with Crippen LogP contribution in [0.15, 0.2) is 60.7 Å². The van der Waals surface area contributed by atoms with Crippen LogP contribution in [0.5, 0.6) is 17.2 Å². The largest absolute Gasteiger partial charge is 0.490 e. The van der Waals surface area contributed by atoms with Crippen molar-refractivity contribution in [1.29, 1.82) is 0 Å². The zero-order valence-electron chi connectivity index (χ0n) is 14.9. The van der Waals surface area contributed by atoms with Crippen molar-refractivity contribution in [3.8, 4) is 17.2 Å². The fourth-order valence-electron chi connectivity index (χ4n) is 2.49. The lowest BCUT2D eigenvalue weighted by Gasteiger charge is -2.14. The van der Waals surface area contributed by atoms with Gasteiger partial charge in [-0.1, -0.05) is 53.0 Å². The maximum atomic E-state index is 11.4. The topological polar surface area (TPSA) is 73.6 Å². The Morgan fingerprint density at radius 2 is 1.72 bits per heavy atom. The third-order valence-corrected chi connectivity index (χ3v) is 4.73. The molecule has 0 fully saturated rings. The highest BCUT2D eigenvalue weighted by atomic mass is 35.5. The maximum Gasteiger partial charge on any atom is 0.294 e. The molecule has 0 aliphatic rings. The van der Waals surface area contributed by atoms with E-state index in [4.69, 9.17) is 44.3 Å². The Kier molecular flexibility index (Phi) is 7.04. The van der Waals surface area contributed by atoms with Crippen molar-refractivity contribution in [2.75, 3.05) is 18.5 Å². The van der Waals surface area contributed by atoms with Gasteiger partial charge in [0.05, 0.1) is 9.95 Å². The van der Waals surface area contributed by atoms with Gasteiger partial charge in [-0.3, -0.25) is 10.1 Å². The molecule has 9 heteroatoms. The van der Waals surface area contributed by atoms with Crippen LogP contribution in [-0.2, 0) is 0 Å². The number of nitro benzene ring substituents is 1. The molecule has 0 bridgehead atoms. The van der Waals surface area contributed by atoms with E-state index in [-0.39, 0.29) is 29.5 Å². The summed E-state index contributed by atoms with van der Waals surface area (Å²) in [7, 11) is 0. The third kappa shape index (κ3) is 5.44. The van der Waals surface area contributed by atoms with Crippen LogP contribution in [0.3, 0.4) is 0 Å². The number of ether oxygens (including phenoxy) is 2. The summed E-state index contributed by atoms with van der Waals surface area (Å²) in [5.74, 6) is 1.28. The molecular weight excluding hydrogens is 439 g/mol. The number of hydrogen-bond donors (Lipinski definition) is 1. The lowest BCUT2D eigenvalue weighted by molar-refractivity contribution is -0.384. The molecule has 0 aromatic heterocycles. The number of anilines is 1. The van der Waals surface area contributed by atoms with E-state index in [9.17, 15) is 10.1 Å². The van der Waals surface area contributed by atoms with E-state index in [1.54, 1.807) is 30.3 Å². The van der Waals surface area contributed by atoms with Gasteiger partial charge in [-0.2, -0.15) is 0 Å². The van der Waals surface area contributed by atoms with Crippen molar-refractivity contribution >= 4 is 46.2 Å². The molecule has 0 aliphatic heterocycles. The van der Waals surface area contributed by atoms with Crippen LogP contribution >= 0.6 is 34.8 Å². The van der Waals surface area contributed by atoms with Crippen molar-refractivity contribution in [3.05, 3.63) is 85.8 Å². The second-order valence-electron chi connectivity index (χ2n) is 5.79. The molecule has 29 heavy (non-hydrogen) atoms. The average molecular weight is 454 g/mol. The lowest BCUT2D eigenvalue weighted by atomic mass is 10.2. The van der Waals surface area contributed by atoms with Crippen molar-refractivity contribution in [1.82, 2.24) is 0 Å². The fourth-order valence-corrected chi connectivity index (χ4v) is 3.09. The van der Waals surface area contributed by atoms with Crippen LogP contribution in [0.2, 0.25) is 15.1 Å². The number of nitro groups is 1. The van der Waals surface area contributed by atoms with Gasteiger partial charge in [-0.05, 0) is 30.3 Å². The molecule has 0 radical (unpaired) electrons. The molecule has 0 aliphatic carbocycles. The van der Waals surface area contributed by atoms with Gasteiger partial charge in [-0.25, -0.2) is 0 Å². The molecule has 3 rings (SSSR count). The summed E-state index contributed by atoms with van der Waals surface area (Å²) in [6.07, 6.45) is 0. The van der Waals surface area contributed by atoms with Crippen LogP contribution in [0.25, 0.3) is 0 Å². The lowest BCUT2D eigenvalue weighted by Crippen LogP contribution is -2.13. The highest BCUT2D eigenvalue weighted by Crippen LogP contribution is 2.41. The summed E-state index contributed by atoms with van der Waals surface area (Å²) in [4.78, 5) is 10.9. The second-order valence-corrected chi connectivity index (χ2v) is 7.02. The molecular formula is C20H15Cl3N2O4. The van der Waals surface area contributed by atoms with Gasteiger partial charge in [0.1, 0.15) is 34.6 Å². The molecule has 3 aromatic rings. The highest BCUT2D eigenvalue weighted by Gasteiger charge is 2.21. The van der Waals surface area contributed by atoms with Crippen molar-refractivity contribution in [3.63, 3.8) is 0 Å². The minimum atomic E-state index is -0.519. The van der Waals surface area contributed by atoms with E-state index in [0.717, 1.165) is 0 Å². The average Bonchev–Trinajstić information content (AvgIpc) is 2.70. The fraction of sp³-hybridized carbons (Fsp3) is 0.100. The van der Waals surface area contributed by atoms with Gasteiger partial charge in [0, 0.05) is 23.7 Å². The first-order valence-electron chi connectivity index (χ1n) is 8.47. The summed E-state index contributed by atoms with van der Waals surface area (Å²) in [5, 5.41) is 15.3. The number of nitrogens with one attached hydrogen (secondary N) is 1. The predicted octanol–water partition coefficient (Wildman–Crippen LogP) is 6.84. The zero-order valence-corrected chi connectivity index (χ0v) is 17.2. The molecule has 0 saturated carbocycles. The Morgan fingerprint density at radius 3 is 2.45 bits per heavy atom. The number of rotatable bonds is 8. The third-order valence-electron chi connectivity index (χ3n) is 3.81. The van der Waals surface area contributed by atoms with Crippen molar-refractivity contribution < 1.29 is 14.4 Å². The summed E-state index contributed by atoms with van der Waals surface area (Å²) in [6, 6.07) is 16.6. The first-order chi connectivity index (χ1) is 14.0. The highest BCUT2D eigenvalue weighted by molar-refractivity contribution is 6.35. The van der Waals surface area contributed by atoms with Crippen molar-refractivity contribution in [2.24, 2.45) is 0 Å². The summed E-state index contributed by atoms with van der Waals surface area (Å²) in [6.45, 7) is 0.412. The van der Waals surface area contributed by atoms with E-state index in [2.05, 4.69) is 5.32 Å². The number of nitrogens with zero attached hydrogens (tertiary/aromatic N) is 1. The Balaban J connectivity index is 1.73. The summed E-state index contributed by atoms with van der Waals surface area (Å²) >= 11 is 18.4. The van der Waals surface area contributed by atoms with Gasteiger partial charge in [-0.15, -0.1) is 0 Å². The quantitative estimate of drug-likeness (QED) is 0.230. The van der Waals surface area contributed by atoms with Gasteiger partial charge in [0.2, 0.25) is 0 Å². The first-order valence-corrected chi connectivity index (χ1v) is 9.60. The standard InChI is InChI=1S/C20H15Cl3N2O4/c21-13-6-7-15(22)18(12-13)28-11-10-24-20-16(25(26)27)8-9-17(19(20)23)29-14-4-2-1-3-5-14/h1-9,12,24H,10-11H2. The molecule has 1 N–H and O–H groups in total. The Bertz CT molecular complexity index is 1020. The molecule has 150 valence electrons. The maximum absolute atomic E-state index is 11.4. The van der Waals surface area contributed by atoms with Crippen molar-refractivity contribution in [2.45, 2.75) is 0 Å². The Morgan fingerprint density at radius 1 is 0.966 bits per heavy atom. The molecule has 0 amide bonds. The second kappa shape index (κ2) is 9.69. The van der Waals surface area contributed by atoms with Gasteiger partial charge < -0.3 is 14.8 Å². The van der Waals surface area contributed by atoms with Crippen LogP contribution in [0.1, 0.15) is 0 Å². The molecule has 0 atom stereocenters. The molecule has 0 saturated heterocycles. The normalized spacial score (nSPS) is 10.4. The van der Waals surface area contributed by atoms with Gasteiger partial charge in [0.15, 0.2) is 0 Å². The van der Waals surface area contributed by atoms with E-state index in [0.29, 0.717) is 27.3 Å². The minimum Gasteiger partial charge on any atom is -0.490 e. The summed E-state index contributed by atoms with van der Waals surface area (Å²) in [5.41, 5.74) is -0.0258. The summed E-state index contributed by atoms with van der Waals surface area (Å²) < 4.78 is 11.3. The zero-order chi connectivity index (χ0) is 20.8. The SMILES string of the molecule is O=[N+]([O-])c1ccc(Oc2ccccc2)c(Cl)c1NCCOc1cc(Cl)ccc1Cl. The van der Waals surface area contributed by atoms with Gasteiger partial charge >= 0.3 is 0 Å². The molecule has 0 unspecified atom stereocenters. The van der Waals surface area contributed by atoms with E-state index < -0.39 is 4.92 Å². The van der Waals surface area contributed by atoms with Crippen LogP contribution in [0, 0.1) is 10.1 Å².